The average molecular weight is 293 g/mol. The van der Waals surface area contributed by atoms with Gasteiger partial charge >= 0.3 is 12.4 Å². The van der Waals surface area contributed by atoms with E-state index in [9.17, 15) is 36.2 Å². The number of carboxylic acid groups (broad SMARTS) is 1. The first-order valence-corrected chi connectivity index (χ1v) is 4.98. The lowest BCUT2D eigenvalue weighted by Crippen LogP contribution is -2.57. The highest BCUT2D eigenvalue weighted by Crippen LogP contribution is 2.46. The van der Waals surface area contributed by atoms with Gasteiger partial charge in [-0.05, 0) is 18.4 Å². The molecule has 0 aromatic heterocycles. The second-order valence-corrected chi connectivity index (χ2v) is 4.17. The second kappa shape index (κ2) is 5.40. The Morgan fingerprint density at radius 2 is 1.58 bits per heavy atom. The number of carboxylic acids is 1. The summed E-state index contributed by atoms with van der Waals surface area (Å²) in [5, 5.41) is 19.2. The Hall–Kier alpha value is -1.25. The molecule has 0 saturated carbocycles. The van der Waals surface area contributed by atoms with Crippen LogP contribution in [0.25, 0.3) is 0 Å². The van der Waals surface area contributed by atoms with Crippen molar-refractivity contribution < 1.29 is 41.4 Å². The SMILES string of the molecule is CC(=CC(C)CC(O)(C(F)(F)F)C(F)(F)F)C(=O)[O-]. The topological polar surface area (TPSA) is 60.4 Å². The van der Waals surface area contributed by atoms with Gasteiger partial charge in [-0.15, -0.1) is 0 Å². The smallest absolute Gasteiger partial charge is 0.426 e. The van der Waals surface area contributed by atoms with E-state index in [4.69, 9.17) is 5.11 Å². The number of carbonyl (C=O) groups excluding carboxylic acids is 1. The Morgan fingerprint density at radius 1 is 1.21 bits per heavy atom. The predicted octanol–water partition coefficient (Wildman–Crippen LogP) is 1.56. The fraction of sp³-hybridized carbons (Fsp3) is 0.700. The summed E-state index contributed by atoms with van der Waals surface area (Å²) in [6, 6.07) is 0. The molecule has 19 heavy (non-hydrogen) atoms. The number of aliphatic hydroxyl groups is 1. The zero-order valence-corrected chi connectivity index (χ0v) is 9.89. The number of rotatable bonds is 4. The number of aliphatic carboxylic acids is 1. The Bertz CT molecular complexity index is 354. The lowest BCUT2D eigenvalue weighted by atomic mass is 9.89. The molecular weight excluding hydrogens is 282 g/mol. The van der Waals surface area contributed by atoms with E-state index in [1.165, 1.54) is 0 Å². The lowest BCUT2D eigenvalue weighted by molar-refractivity contribution is -0.371. The zero-order valence-electron chi connectivity index (χ0n) is 9.89. The monoisotopic (exact) mass is 293 g/mol. The molecule has 0 aromatic rings. The Kier molecular flexibility index (Phi) is 5.04. The molecule has 0 aromatic carbocycles. The lowest BCUT2D eigenvalue weighted by Gasteiger charge is -2.33. The first-order chi connectivity index (χ1) is 8.22. The number of hydrogen-bond donors (Lipinski definition) is 1. The summed E-state index contributed by atoms with van der Waals surface area (Å²) in [4.78, 5) is 10.3. The Labute approximate surface area is 104 Å². The predicted molar refractivity (Wildman–Crippen MR) is 49.6 cm³/mol. The molecule has 0 heterocycles. The van der Waals surface area contributed by atoms with Crippen LogP contribution in [-0.4, -0.2) is 29.0 Å². The van der Waals surface area contributed by atoms with Crippen LogP contribution in [0.1, 0.15) is 20.3 Å². The maximum absolute atomic E-state index is 12.3. The standard InChI is InChI=1S/C10H12F6O3/c1-5(3-6(2)7(17)18)4-8(19,9(11,12)13)10(14,15)16/h3,5,19H,4H2,1-2H3,(H,17,18)/p-1. The van der Waals surface area contributed by atoms with Gasteiger partial charge in [-0.1, -0.05) is 13.0 Å². The maximum atomic E-state index is 12.3. The van der Waals surface area contributed by atoms with Gasteiger partial charge in [0.05, 0.1) is 5.97 Å². The fourth-order valence-corrected chi connectivity index (χ4v) is 1.41. The first kappa shape index (κ1) is 17.8. The van der Waals surface area contributed by atoms with Gasteiger partial charge in [0.25, 0.3) is 5.60 Å². The van der Waals surface area contributed by atoms with E-state index in [-0.39, 0.29) is 0 Å². The van der Waals surface area contributed by atoms with Gasteiger partial charge in [0.15, 0.2) is 0 Å². The minimum absolute atomic E-state index is 0.515. The van der Waals surface area contributed by atoms with Crippen LogP contribution >= 0.6 is 0 Å². The molecule has 0 bridgehead atoms. The summed E-state index contributed by atoms with van der Waals surface area (Å²) in [5.41, 5.74) is -5.40. The molecule has 3 nitrogen and oxygen atoms in total. The molecule has 1 N–H and O–H groups in total. The molecule has 0 amide bonds. The van der Waals surface area contributed by atoms with Crippen LogP contribution in [0.3, 0.4) is 0 Å². The van der Waals surface area contributed by atoms with Crippen molar-refractivity contribution >= 4 is 5.97 Å². The summed E-state index contributed by atoms with van der Waals surface area (Å²) < 4.78 is 74.0. The van der Waals surface area contributed by atoms with Gasteiger partial charge in [-0.25, -0.2) is 0 Å². The number of alkyl halides is 6. The van der Waals surface area contributed by atoms with Crippen LogP contribution in [-0.2, 0) is 4.79 Å². The van der Waals surface area contributed by atoms with Gasteiger partial charge in [0.2, 0.25) is 0 Å². The summed E-state index contributed by atoms with van der Waals surface area (Å²) in [6.45, 7) is 1.89. The second-order valence-electron chi connectivity index (χ2n) is 4.17. The molecular formula is C10H11F6O3-. The van der Waals surface area contributed by atoms with Crippen molar-refractivity contribution in [3.8, 4) is 0 Å². The number of hydrogen-bond acceptors (Lipinski definition) is 3. The van der Waals surface area contributed by atoms with Gasteiger partial charge in [0, 0.05) is 6.42 Å². The molecule has 0 saturated heterocycles. The third-order valence-electron chi connectivity index (χ3n) is 2.41. The molecule has 0 radical (unpaired) electrons. The van der Waals surface area contributed by atoms with Crippen molar-refractivity contribution in [3.05, 3.63) is 11.6 Å². The van der Waals surface area contributed by atoms with E-state index in [1.807, 2.05) is 0 Å². The third kappa shape index (κ3) is 4.12. The van der Waals surface area contributed by atoms with E-state index in [1.54, 1.807) is 0 Å². The van der Waals surface area contributed by atoms with Crippen molar-refractivity contribution in [3.63, 3.8) is 0 Å². The molecule has 0 aliphatic heterocycles. The highest BCUT2D eigenvalue weighted by molar-refractivity contribution is 5.83. The van der Waals surface area contributed by atoms with E-state index < -0.39 is 41.8 Å². The minimum atomic E-state index is -5.91. The maximum Gasteiger partial charge on any atom is 0.426 e. The van der Waals surface area contributed by atoms with Crippen molar-refractivity contribution in [2.75, 3.05) is 0 Å². The molecule has 9 heteroatoms. The molecule has 0 aliphatic carbocycles. The summed E-state index contributed by atoms with van der Waals surface area (Å²) in [5.74, 6) is -3.18. The van der Waals surface area contributed by atoms with Crippen LogP contribution in [0.15, 0.2) is 11.6 Å². The molecule has 0 aliphatic rings. The average Bonchev–Trinajstić information content (AvgIpc) is 2.13. The quantitative estimate of drug-likeness (QED) is 0.632. The van der Waals surface area contributed by atoms with E-state index in [0.717, 1.165) is 13.8 Å². The van der Waals surface area contributed by atoms with E-state index in [2.05, 4.69) is 0 Å². The molecule has 1 atom stereocenters. The molecule has 112 valence electrons. The van der Waals surface area contributed by atoms with Crippen LogP contribution in [0.4, 0.5) is 26.3 Å². The number of allylic oxidation sites excluding steroid dienone is 1. The molecule has 0 spiro atoms. The highest BCUT2D eigenvalue weighted by atomic mass is 19.4. The largest absolute Gasteiger partial charge is 0.545 e. The Balaban J connectivity index is 5.29. The van der Waals surface area contributed by atoms with Crippen LogP contribution in [0.5, 0.6) is 0 Å². The Morgan fingerprint density at radius 3 is 1.84 bits per heavy atom. The van der Waals surface area contributed by atoms with Gasteiger partial charge < -0.3 is 15.0 Å². The van der Waals surface area contributed by atoms with Crippen molar-refractivity contribution in [1.82, 2.24) is 0 Å². The molecule has 1 unspecified atom stereocenters. The van der Waals surface area contributed by atoms with Gasteiger partial charge in [-0.3, -0.25) is 0 Å². The number of halogens is 6. The minimum Gasteiger partial charge on any atom is -0.545 e. The van der Waals surface area contributed by atoms with E-state index >= 15 is 0 Å². The normalized spacial score (nSPS) is 16.4. The van der Waals surface area contributed by atoms with Crippen molar-refractivity contribution in [2.24, 2.45) is 5.92 Å². The first-order valence-electron chi connectivity index (χ1n) is 4.98. The summed E-state index contributed by atoms with van der Waals surface area (Å²) >= 11 is 0. The zero-order chi connectivity index (χ0) is 15.6. The summed E-state index contributed by atoms with van der Waals surface area (Å²) in [6.07, 6.45) is -12.9. The van der Waals surface area contributed by atoms with Gasteiger partial charge in [0.1, 0.15) is 0 Å². The molecule has 0 rings (SSSR count). The van der Waals surface area contributed by atoms with Crippen LogP contribution in [0, 0.1) is 5.92 Å². The third-order valence-corrected chi connectivity index (χ3v) is 2.41. The van der Waals surface area contributed by atoms with Crippen molar-refractivity contribution in [2.45, 2.75) is 38.2 Å². The highest BCUT2D eigenvalue weighted by Gasteiger charge is 2.70. The van der Waals surface area contributed by atoms with Crippen molar-refractivity contribution in [1.29, 1.82) is 0 Å². The van der Waals surface area contributed by atoms with Crippen LogP contribution < -0.4 is 5.11 Å². The van der Waals surface area contributed by atoms with E-state index in [0.29, 0.717) is 6.08 Å². The summed E-state index contributed by atoms with van der Waals surface area (Å²) in [7, 11) is 0. The molecule has 0 fully saturated rings. The number of carbonyl (C=O) groups is 1. The van der Waals surface area contributed by atoms with Crippen LogP contribution in [0.2, 0.25) is 0 Å². The van der Waals surface area contributed by atoms with Gasteiger partial charge in [-0.2, -0.15) is 26.3 Å². The fourth-order valence-electron chi connectivity index (χ4n) is 1.41.